The molecular weight excluding hydrogens is 771 g/mol. The average Bonchev–Trinajstić information content (AvgIpc) is 3.74. The normalized spacial score (nSPS) is 23.0. The van der Waals surface area contributed by atoms with Crippen LogP contribution in [0.2, 0.25) is 0 Å². The van der Waals surface area contributed by atoms with E-state index in [4.69, 9.17) is 18.9 Å². The highest BCUT2D eigenvalue weighted by molar-refractivity contribution is 6.23. The minimum Gasteiger partial charge on any atom is -0.491 e. The second-order valence-electron chi connectivity index (χ2n) is 14.4. The number of hydrogen-bond acceptors (Lipinski definition) is 12. The van der Waals surface area contributed by atoms with Crippen LogP contribution in [0.5, 0.6) is 5.75 Å². The minimum atomic E-state index is -2.08. The van der Waals surface area contributed by atoms with Gasteiger partial charge < -0.3 is 24.1 Å². The zero-order valence-electron chi connectivity index (χ0n) is 32.1. The number of hydrogen-bond donors (Lipinski definition) is 1. The molecule has 2 fully saturated rings. The van der Waals surface area contributed by atoms with Gasteiger partial charge in [0.25, 0.3) is 5.69 Å². The van der Waals surface area contributed by atoms with Crippen LogP contribution < -0.4 is 9.64 Å². The Hall–Kier alpha value is -7.16. The molecule has 6 atom stereocenters. The van der Waals surface area contributed by atoms with Crippen molar-refractivity contribution in [2.45, 2.75) is 36.3 Å². The molecule has 1 N–H and O–H groups in total. The summed E-state index contributed by atoms with van der Waals surface area (Å²) in [6.07, 6.45) is -0.658. The molecule has 3 aliphatic rings. The number of cyclic esters (lactones) is 1. The molecule has 0 radical (unpaired) electrons. The highest BCUT2D eigenvalue weighted by Gasteiger charge is 2.76. The van der Waals surface area contributed by atoms with E-state index in [-0.39, 0.29) is 49.1 Å². The van der Waals surface area contributed by atoms with E-state index in [0.717, 1.165) is 4.90 Å². The SMILES string of the molecule is C=CCOC(=O)[C@H]1[C@@H]2C(=O)O[C@@H](c3ccccc3)[C@@H](c3ccccc3)N2[C@@H](c2ccccc2OCCO)[C@]12C(=O)N(C(=O)OCc1ccc([N+](=O)[O-])cc1)c1ccccc12. The quantitative estimate of drug-likeness (QED) is 0.0465. The lowest BCUT2D eigenvalue weighted by Crippen LogP contribution is -2.53. The minimum absolute atomic E-state index is 0.112. The van der Waals surface area contributed by atoms with Crippen molar-refractivity contribution in [1.29, 1.82) is 0 Å². The fraction of sp³-hybridized carbons (Fsp3) is 0.217. The number of carbonyl (C=O) groups is 4. The molecule has 0 unspecified atom stereocenters. The summed E-state index contributed by atoms with van der Waals surface area (Å²) in [6, 6.07) is 33.7. The molecule has 2 amide bonds. The van der Waals surface area contributed by atoms with Gasteiger partial charge in [-0.05, 0) is 46.5 Å². The lowest BCUT2D eigenvalue weighted by Gasteiger charge is -2.46. The fourth-order valence-corrected chi connectivity index (χ4v) is 8.93. The molecule has 3 aliphatic heterocycles. The number of fused-ring (bicyclic) bond motifs is 3. The molecule has 14 heteroatoms. The molecule has 0 aromatic heterocycles. The maximum atomic E-state index is 16.0. The number of carbonyl (C=O) groups excluding carboxylic acids is 4. The van der Waals surface area contributed by atoms with Crippen LogP contribution in [0, 0.1) is 16.0 Å². The first-order chi connectivity index (χ1) is 29.2. The first kappa shape index (κ1) is 39.7. The van der Waals surface area contributed by atoms with Crippen LogP contribution in [-0.4, -0.2) is 64.7 Å². The van der Waals surface area contributed by atoms with E-state index in [0.29, 0.717) is 22.3 Å². The predicted molar refractivity (Wildman–Crippen MR) is 215 cm³/mol. The summed E-state index contributed by atoms with van der Waals surface area (Å²) in [7, 11) is 0. The number of nitro groups is 1. The van der Waals surface area contributed by atoms with Gasteiger partial charge in [0.1, 0.15) is 49.0 Å². The maximum absolute atomic E-state index is 16.0. The molecule has 5 aromatic rings. The second kappa shape index (κ2) is 16.6. The highest BCUT2D eigenvalue weighted by atomic mass is 16.6. The molecule has 1 spiro atoms. The van der Waals surface area contributed by atoms with Gasteiger partial charge in [0.05, 0.1) is 29.3 Å². The van der Waals surface area contributed by atoms with Gasteiger partial charge in [0.15, 0.2) is 0 Å². The summed E-state index contributed by atoms with van der Waals surface area (Å²) in [5.74, 6) is -3.93. The van der Waals surface area contributed by atoms with Crippen molar-refractivity contribution in [2.75, 3.05) is 24.7 Å². The summed E-state index contributed by atoms with van der Waals surface area (Å²) >= 11 is 0. The number of rotatable bonds is 12. The Balaban J connectivity index is 1.38. The van der Waals surface area contributed by atoms with Gasteiger partial charge >= 0.3 is 18.0 Å². The van der Waals surface area contributed by atoms with Crippen LogP contribution >= 0.6 is 0 Å². The van der Waals surface area contributed by atoms with E-state index in [1.54, 1.807) is 48.5 Å². The van der Waals surface area contributed by atoms with Crippen LogP contribution in [0.25, 0.3) is 0 Å². The van der Waals surface area contributed by atoms with Crippen LogP contribution in [0.3, 0.4) is 0 Å². The number of benzene rings is 5. The number of non-ortho nitro benzene ring substituents is 1. The smallest absolute Gasteiger partial charge is 0.421 e. The van der Waals surface area contributed by atoms with E-state index in [1.807, 2.05) is 65.6 Å². The third-order valence-corrected chi connectivity index (χ3v) is 11.2. The van der Waals surface area contributed by atoms with Crippen molar-refractivity contribution < 1.29 is 48.2 Å². The van der Waals surface area contributed by atoms with Gasteiger partial charge in [0, 0.05) is 17.7 Å². The number of amides is 2. The maximum Gasteiger partial charge on any atom is 0.421 e. The Kier molecular flexibility index (Phi) is 11.0. The molecule has 0 aliphatic carbocycles. The number of ether oxygens (including phenoxy) is 4. The summed E-state index contributed by atoms with van der Waals surface area (Å²) in [5, 5.41) is 21.1. The van der Waals surface area contributed by atoms with Gasteiger partial charge in [-0.3, -0.25) is 29.4 Å². The van der Waals surface area contributed by atoms with Crippen molar-refractivity contribution in [3.8, 4) is 5.75 Å². The van der Waals surface area contributed by atoms with Crippen LogP contribution in [0.4, 0.5) is 16.2 Å². The lowest BCUT2D eigenvalue weighted by molar-refractivity contribution is -0.384. The Bertz CT molecular complexity index is 2450. The zero-order chi connectivity index (χ0) is 42.0. The summed E-state index contributed by atoms with van der Waals surface area (Å²) in [5.41, 5.74) is 0.290. The number of morpholine rings is 1. The number of imide groups is 1. The Morgan fingerprint density at radius 3 is 2.17 bits per heavy atom. The monoisotopic (exact) mass is 809 g/mol. The molecular formula is C46H39N3O11. The van der Waals surface area contributed by atoms with Gasteiger partial charge in [-0.15, -0.1) is 0 Å². The first-order valence-electron chi connectivity index (χ1n) is 19.2. The molecule has 0 bridgehead atoms. The topological polar surface area (TPSA) is 175 Å². The van der Waals surface area contributed by atoms with Crippen molar-refractivity contribution in [2.24, 2.45) is 5.92 Å². The molecule has 3 heterocycles. The third kappa shape index (κ3) is 6.65. The average molecular weight is 810 g/mol. The Morgan fingerprint density at radius 1 is 0.833 bits per heavy atom. The number of esters is 2. The number of para-hydroxylation sites is 2. The molecule has 60 heavy (non-hydrogen) atoms. The Morgan fingerprint density at radius 2 is 1.48 bits per heavy atom. The van der Waals surface area contributed by atoms with E-state index in [2.05, 4.69) is 6.58 Å². The number of aliphatic hydroxyl groups excluding tert-OH is 1. The molecule has 0 saturated carbocycles. The van der Waals surface area contributed by atoms with Gasteiger partial charge in [-0.1, -0.05) is 110 Å². The van der Waals surface area contributed by atoms with E-state index >= 15 is 4.79 Å². The van der Waals surface area contributed by atoms with Crippen molar-refractivity contribution >= 4 is 35.3 Å². The number of nitro benzene ring substituents is 1. The number of aliphatic hydroxyl groups is 1. The van der Waals surface area contributed by atoms with Crippen LogP contribution in [-0.2, 0) is 40.6 Å². The molecule has 8 rings (SSSR count). The molecule has 304 valence electrons. The molecule has 2 saturated heterocycles. The van der Waals surface area contributed by atoms with Crippen molar-refractivity contribution in [3.05, 3.63) is 184 Å². The van der Waals surface area contributed by atoms with Crippen LogP contribution in [0.15, 0.2) is 146 Å². The summed E-state index contributed by atoms with van der Waals surface area (Å²) < 4.78 is 24.1. The zero-order valence-corrected chi connectivity index (χ0v) is 32.1. The van der Waals surface area contributed by atoms with Gasteiger partial charge in [-0.2, -0.15) is 0 Å². The van der Waals surface area contributed by atoms with Crippen molar-refractivity contribution in [3.63, 3.8) is 0 Å². The summed E-state index contributed by atoms with van der Waals surface area (Å²) in [6.45, 7) is 2.65. The fourth-order valence-electron chi connectivity index (χ4n) is 8.93. The third-order valence-electron chi connectivity index (χ3n) is 11.2. The first-order valence-corrected chi connectivity index (χ1v) is 19.2. The van der Waals surface area contributed by atoms with Crippen molar-refractivity contribution in [1.82, 2.24) is 4.90 Å². The molecule has 5 aromatic carbocycles. The summed E-state index contributed by atoms with van der Waals surface area (Å²) in [4.78, 5) is 73.6. The molecule has 14 nitrogen and oxygen atoms in total. The van der Waals surface area contributed by atoms with Gasteiger partial charge in [-0.25, -0.2) is 9.69 Å². The largest absolute Gasteiger partial charge is 0.491 e. The van der Waals surface area contributed by atoms with E-state index in [9.17, 15) is 29.6 Å². The Labute approximate surface area is 344 Å². The van der Waals surface area contributed by atoms with Crippen LogP contribution in [0.1, 0.15) is 46.0 Å². The van der Waals surface area contributed by atoms with E-state index < -0.39 is 64.4 Å². The lowest BCUT2D eigenvalue weighted by atomic mass is 9.65. The second-order valence-corrected chi connectivity index (χ2v) is 14.4. The van der Waals surface area contributed by atoms with E-state index in [1.165, 1.54) is 30.3 Å². The van der Waals surface area contributed by atoms with Gasteiger partial charge in [0.2, 0.25) is 5.91 Å². The number of nitrogens with zero attached hydrogens (tertiary/aromatic N) is 3. The predicted octanol–water partition coefficient (Wildman–Crippen LogP) is 6.70. The number of anilines is 1. The standard InChI is InChI=1S/C46H39N3O11/c1-2-26-58-42(51)37-39-43(52)60-40(31-15-7-4-8-16-31)38(30-13-5-3-6-14-30)48(39)41(33-17-9-12-20-36(33)57-27-25-50)46(37)34-18-10-11-19-35(34)47(44(46)53)45(54)59-28-29-21-23-32(24-22-29)49(55)56/h2-24,37-41,50H,1,25-28H2/t37-,38-,39-,40+,41+,46-/m1/s1. The highest BCUT2D eigenvalue weighted by Crippen LogP contribution is 2.66.